The fraction of sp³-hybridized carbons (Fsp3) is 0.750. The van der Waals surface area contributed by atoms with Crippen molar-refractivity contribution in [1.29, 1.82) is 0 Å². The first-order valence-corrected chi connectivity index (χ1v) is 14.3. The maximum atomic E-state index is 12.5. The number of rotatable bonds is 12. The Hall–Kier alpha value is -3.75. The van der Waals surface area contributed by atoms with Crippen molar-refractivity contribution in [3.63, 3.8) is 0 Å². The average molecular weight is 618 g/mol. The highest BCUT2D eigenvalue weighted by atomic mass is 16.6. The summed E-state index contributed by atoms with van der Waals surface area (Å²) >= 11 is 0. The largest absolute Gasteiger partial charge is 0.480 e. The summed E-state index contributed by atoms with van der Waals surface area (Å²) in [5, 5.41) is 15.2. The summed E-state index contributed by atoms with van der Waals surface area (Å²) in [5.74, 6) is -2.22. The fourth-order valence-corrected chi connectivity index (χ4v) is 3.43. The minimum absolute atomic E-state index is 0.119. The number of methoxy groups -OCH3 is 1. The Morgan fingerprint density at radius 1 is 1.00 bits per heavy atom. The van der Waals surface area contributed by atoms with E-state index in [1.807, 2.05) is 27.8 Å². The lowest BCUT2D eigenvalue weighted by atomic mass is 9.84. The number of imide groups is 1. The third kappa shape index (κ3) is 16.5. The van der Waals surface area contributed by atoms with E-state index < -0.39 is 41.6 Å². The van der Waals surface area contributed by atoms with Gasteiger partial charge in [-0.3, -0.25) is 4.79 Å². The molecule has 1 aliphatic rings. The number of ether oxygens (including phenoxy) is 2. The molecule has 0 spiro atoms. The Kier molecular flexibility index (Phi) is 20.2. The molecule has 1 unspecified atom stereocenters. The first-order chi connectivity index (χ1) is 19.9. The van der Waals surface area contributed by atoms with Gasteiger partial charge in [0.1, 0.15) is 5.60 Å². The van der Waals surface area contributed by atoms with Gasteiger partial charge < -0.3 is 45.6 Å². The predicted molar refractivity (Wildman–Crippen MR) is 164 cm³/mol. The normalized spacial score (nSPS) is 15.3. The zero-order valence-corrected chi connectivity index (χ0v) is 27.7. The van der Waals surface area contributed by atoms with E-state index in [2.05, 4.69) is 35.8 Å². The van der Waals surface area contributed by atoms with Crippen LogP contribution >= 0.6 is 0 Å². The molecule has 1 fully saturated rings. The highest BCUT2D eigenvalue weighted by Gasteiger charge is 2.54. The molecule has 0 aliphatic carbocycles. The second kappa shape index (κ2) is 21.0. The molecular formula is C28H55N7O8. The summed E-state index contributed by atoms with van der Waals surface area (Å²) in [6.45, 7) is 15.5. The predicted octanol–water partition coefficient (Wildman–Crippen LogP) is 1.94. The van der Waals surface area contributed by atoms with E-state index in [1.165, 1.54) is 37.4 Å². The van der Waals surface area contributed by atoms with Gasteiger partial charge in [0.15, 0.2) is 6.04 Å². The van der Waals surface area contributed by atoms with Crippen LogP contribution in [0.3, 0.4) is 0 Å². The van der Waals surface area contributed by atoms with Crippen LogP contribution in [0.5, 0.6) is 0 Å². The Morgan fingerprint density at radius 2 is 1.51 bits per heavy atom. The number of amides is 5. The van der Waals surface area contributed by atoms with E-state index in [-0.39, 0.29) is 19.2 Å². The number of nitrogens with zero attached hydrogens (tertiary/aromatic N) is 4. The molecule has 1 rings (SSSR count). The molecule has 43 heavy (non-hydrogen) atoms. The quantitative estimate of drug-likeness (QED) is 0.185. The summed E-state index contributed by atoms with van der Waals surface area (Å²) < 4.78 is 9.70. The SMILES string of the molecule is C=C(N)NCCC[C@H]1C(=O)N(C(=O)N(C)CCN(C)C(=O)OC)C1C(=O)O.CCC.CNCCN(C)C(=O)OC(C)(C)C. The van der Waals surface area contributed by atoms with Crippen LogP contribution in [0.4, 0.5) is 14.4 Å². The molecular weight excluding hydrogens is 562 g/mol. The summed E-state index contributed by atoms with van der Waals surface area (Å²) in [7, 11) is 7.75. The number of nitrogens with one attached hydrogen (secondary N) is 2. The number of carboxylic acid groups (broad SMARTS) is 1. The van der Waals surface area contributed by atoms with E-state index in [4.69, 9.17) is 10.5 Å². The number of carbonyl (C=O) groups excluding carboxylic acids is 4. The zero-order valence-electron chi connectivity index (χ0n) is 27.7. The van der Waals surface area contributed by atoms with Crippen LogP contribution in [0.25, 0.3) is 0 Å². The van der Waals surface area contributed by atoms with Gasteiger partial charge in [-0.1, -0.05) is 26.8 Å². The topological polar surface area (TPSA) is 187 Å². The molecule has 15 nitrogen and oxygen atoms in total. The highest BCUT2D eigenvalue weighted by molar-refractivity contribution is 6.07. The number of carboxylic acids is 1. The van der Waals surface area contributed by atoms with E-state index in [0.717, 1.165) is 11.4 Å². The van der Waals surface area contributed by atoms with Crippen molar-refractivity contribution in [2.45, 2.75) is 65.5 Å². The molecule has 0 bridgehead atoms. The number of likely N-dealkylation sites (tertiary alicyclic amines) is 1. The van der Waals surface area contributed by atoms with Crippen molar-refractivity contribution in [3.05, 3.63) is 12.4 Å². The standard InChI is InChI=1S/C16H27N5O6.C9H20N2O2.C3H8/c1-10(17)18-7-5-6-11-12(14(23)24)21(13(11)22)15(25)19(2)8-9-20(3)16(26)27-4;1-9(2,3)13-8(12)11(5)7-6-10-4;1-3-2/h11-12,18H,1,5-9,17H2,2-4H3,(H,23,24);10H,6-7H2,1-5H3;3H2,1-2H3/t11-,12?;;/m1../s1. The van der Waals surface area contributed by atoms with Gasteiger partial charge in [-0.2, -0.15) is 0 Å². The van der Waals surface area contributed by atoms with Crippen LogP contribution in [-0.4, -0.2) is 134 Å². The molecule has 1 heterocycles. The van der Waals surface area contributed by atoms with Gasteiger partial charge in [0.2, 0.25) is 5.91 Å². The molecule has 250 valence electrons. The number of aliphatic carboxylic acids is 1. The molecule has 5 amide bonds. The van der Waals surface area contributed by atoms with Crippen LogP contribution in [0.2, 0.25) is 0 Å². The van der Waals surface area contributed by atoms with Gasteiger partial charge in [0.25, 0.3) is 0 Å². The van der Waals surface area contributed by atoms with E-state index in [1.54, 1.807) is 11.9 Å². The van der Waals surface area contributed by atoms with Crippen LogP contribution in [0.15, 0.2) is 12.4 Å². The number of β-lactam (4-membered cyclic amide) rings is 1. The van der Waals surface area contributed by atoms with Crippen LogP contribution in [0, 0.1) is 5.92 Å². The maximum Gasteiger partial charge on any atom is 0.410 e. The summed E-state index contributed by atoms with van der Waals surface area (Å²) in [5.41, 5.74) is 4.96. The minimum atomic E-state index is -1.23. The molecule has 2 atom stereocenters. The van der Waals surface area contributed by atoms with Gasteiger partial charge >= 0.3 is 24.2 Å². The first-order valence-electron chi connectivity index (χ1n) is 14.3. The maximum absolute atomic E-state index is 12.5. The molecule has 1 saturated heterocycles. The summed E-state index contributed by atoms with van der Waals surface area (Å²) in [4.78, 5) is 63.7. The molecule has 0 aromatic heterocycles. The number of hydrogen-bond donors (Lipinski definition) is 4. The Bertz CT molecular complexity index is 910. The van der Waals surface area contributed by atoms with Crippen molar-refractivity contribution >= 4 is 30.1 Å². The summed E-state index contributed by atoms with van der Waals surface area (Å²) in [6.07, 6.45) is 1.24. The Labute approximate surface area is 256 Å². The van der Waals surface area contributed by atoms with Crippen LogP contribution < -0.4 is 16.4 Å². The average Bonchev–Trinajstić information content (AvgIpc) is 2.91. The lowest BCUT2D eigenvalue weighted by Crippen LogP contribution is -2.68. The van der Waals surface area contributed by atoms with Gasteiger partial charge in [0.05, 0.1) is 18.8 Å². The fourth-order valence-electron chi connectivity index (χ4n) is 3.43. The molecule has 0 aromatic carbocycles. The number of urea groups is 1. The highest BCUT2D eigenvalue weighted by Crippen LogP contribution is 2.31. The number of nitrogens with two attached hydrogens (primary N) is 1. The van der Waals surface area contributed by atoms with E-state index in [0.29, 0.717) is 31.8 Å². The minimum Gasteiger partial charge on any atom is -0.480 e. The number of hydrogen-bond acceptors (Lipinski definition) is 10. The third-order valence-electron chi connectivity index (χ3n) is 5.70. The van der Waals surface area contributed by atoms with Crippen molar-refractivity contribution in [1.82, 2.24) is 30.2 Å². The molecule has 5 N–H and O–H groups in total. The van der Waals surface area contributed by atoms with Gasteiger partial charge in [-0.15, -0.1) is 0 Å². The van der Waals surface area contributed by atoms with Crippen molar-refractivity contribution in [3.8, 4) is 0 Å². The zero-order chi connectivity index (χ0) is 33.9. The Balaban J connectivity index is 0. The first kappa shape index (κ1) is 41.4. The second-order valence-corrected chi connectivity index (χ2v) is 11.0. The lowest BCUT2D eigenvalue weighted by Gasteiger charge is -2.44. The lowest BCUT2D eigenvalue weighted by molar-refractivity contribution is -0.166. The van der Waals surface area contributed by atoms with E-state index >= 15 is 0 Å². The number of likely N-dealkylation sites (N-methyl/N-ethyl adjacent to an activating group) is 4. The molecule has 0 saturated carbocycles. The monoisotopic (exact) mass is 617 g/mol. The number of carbonyl (C=O) groups is 5. The third-order valence-corrected chi connectivity index (χ3v) is 5.70. The molecule has 0 radical (unpaired) electrons. The van der Waals surface area contributed by atoms with Gasteiger partial charge in [-0.05, 0) is 40.7 Å². The summed E-state index contributed by atoms with van der Waals surface area (Å²) in [6, 6.07) is -1.91. The van der Waals surface area contributed by atoms with Crippen LogP contribution in [0.1, 0.15) is 53.9 Å². The van der Waals surface area contributed by atoms with Gasteiger partial charge in [0, 0.05) is 53.9 Å². The second-order valence-electron chi connectivity index (χ2n) is 11.0. The van der Waals surface area contributed by atoms with Gasteiger partial charge in [-0.25, -0.2) is 24.1 Å². The molecule has 0 aromatic rings. The van der Waals surface area contributed by atoms with Crippen molar-refractivity contribution in [2.75, 3.05) is 68.0 Å². The smallest absolute Gasteiger partial charge is 0.410 e. The van der Waals surface area contributed by atoms with Crippen LogP contribution in [-0.2, 0) is 19.1 Å². The van der Waals surface area contributed by atoms with Crippen molar-refractivity contribution in [2.24, 2.45) is 11.7 Å². The van der Waals surface area contributed by atoms with E-state index in [9.17, 15) is 29.1 Å². The Morgan fingerprint density at radius 3 is 1.95 bits per heavy atom. The molecule has 15 heteroatoms. The van der Waals surface area contributed by atoms with Crippen molar-refractivity contribution < 1.29 is 38.6 Å². The molecule has 1 aliphatic heterocycles.